The minimum absolute atomic E-state index is 0.375. The molecule has 0 aliphatic carbocycles. The molecule has 0 aliphatic rings. The van der Waals surface area contributed by atoms with Crippen molar-refractivity contribution in [3.63, 3.8) is 0 Å². The fourth-order valence-corrected chi connectivity index (χ4v) is 2.65. The monoisotopic (exact) mass is 354 g/mol. The Hall–Kier alpha value is -2.77. The number of fused-ring (bicyclic) bond motifs is 1. The minimum atomic E-state index is -1.72. The Morgan fingerprint density at radius 3 is 2.36 bits per heavy atom. The smallest absolute Gasteiger partial charge is 0.253 e. The molecule has 1 aromatic carbocycles. The molecule has 0 aliphatic heterocycles. The molecule has 0 spiro atoms. The van der Waals surface area contributed by atoms with Gasteiger partial charge in [0.05, 0.1) is 13.2 Å². The summed E-state index contributed by atoms with van der Waals surface area (Å²) in [6.07, 6.45) is 0. The predicted octanol–water partition coefficient (Wildman–Crippen LogP) is 4.87. The number of anilines is 1. The Kier molecular flexibility index (Phi) is 4.28. The van der Waals surface area contributed by atoms with E-state index in [1.807, 2.05) is 0 Å². The highest BCUT2D eigenvalue weighted by Crippen LogP contribution is 2.34. The number of furan rings is 1. The highest BCUT2D eigenvalue weighted by molar-refractivity contribution is 5.83. The van der Waals surface area contributed by atoms with Crippen molar-refractivity contribution < 1.29 is 26.7 Å². The van der Waals surface area contributed by atoms with Gasteiger partial charge in [0.25, 0.3) is 11.9 Å². The maximum absolute atomic E-state index is 13.8. The van der Waals surface area contributed by atoms with Crippen molar-refractivity contribution >= 4 is 16.7 Å². The lowest BCUT2D eigenvalue weighted by Crippen LogP contribution is -2.13. The van der Waals surface area contributed by atoms with Gasteiger partial charge < -0.3 is 14.5 Å². The van der Waals surface area contributed by atoms with Crippen molar-refractivity contribution in [2.75, 3.05) is 12.4 Å². The molecule has 132 valence electrons. The van der Waals surface area contributed by atoms with E-state index in [0.717, 1.165) is 5.39 Å². The lowest BCUT2D eigenvalue weighted by molar-refractivity contribution is 0.408. The van der Waals surface area contributed by atoms with Gasteiger partial charge in [0.1, 0.15) is 22.8 Å². The van der Waals surface area contributed by atoms with Crippen LogP contribution in [0.4, 0.5) is 23.2 Å². The summed E-state index contributed by atoms with van der Waals surface area (Å²) in [6.45, 7) is 3.32. The number of methoxy groups -OCH3 is 1. The lowest BCUT2D eigenvalue weighted by Gasteiger charge is -2.15. The van der Waals surface area contributed by atoms with Crippen molar-refractivity contribution in [1.82, 2.24) is 4.98 Å². The van der Waals surface area contributed by atoms with Crippen molar-refractivity contribution in [2.45, 2.75) is 19.9 Å². The SMILES string of the molecule is COc1ccc2oc(C(C)Nc3c(F)c(F)nc(F)c3F)c(C)c2c1. The first-order chi connectivity index (χ1) is 11.8. The number of benzene rings is 1. The molecule has 1 atom stereocenters. The Bertz CT molecular complexity index is 929. The van der Waals surface area contributed by atoms with E-state index in [2.05, 4.69) is 10.3 Å². The Morgan fingerprint density at radius 1 is 1.12 bits per heavy atom. The molecule has 3 aromatic rings. The summed E-state index contributed by atoms with van der Waals surface area (Å²) >= 11 is 0. The van der Waals surface area contributed by atoms with E-state index in [1.54, 1.807) is 32.0 Å². The highest BCUT2D eigenvalue weighted by Gasteiger charge is 2.24. The Balaban J connectivity index is 2.01. The second-order valence-corrected chi connectivity index (χ2v) is 5.52. The van der Waals surface area contributed by atoms with Gasteiger partial charge in [-0.3, -0.25) is 0 Å². The average Bonchev–Trinajstić information content (AvgIpc) is 2.93. The quantitative estimate of drug-likeness (QED) is 0.536. The van der Waals surface area contributed by atoms with E-state index in [0.29, 0.717) is 22.7 Å². The molecule has 0 amide bonds. The van der Waals surface area contributed by atoms with Crippen LogP contribution in [-0.2, 0) is 0 Å². The van der Waals surface area contributed by atoms with Crippen LogP contribution in [0.15, 0.2) is 22.6 Å². The lowest BCUT2D eigenvalue weighted by atomic mass is 10.1. The molecule has 8 heteroatoms. The molecule has 0 radical (unpaired) electrons. The van der Waals surface area contributed by atoms with Crippen molar-refractivity contribution in [2.24, 2.45) is 0 Å². The van der Waals surface area contributed by atoms with Crippen LogP contribution in [0, 0.1) is 30.5 Å². The van der Waals surface area contributed by atoms with Crippen molar-refractivity contribution in [1.29, 1.82) is 0 Å². The van der Waals surface area contributed by atoms with Gasteiger partial charge in [0.15, 0.2) is 0 Å². The molecule has 25 heavy (non-hydrogen) atoms. The van der Waals surface area contributed by atoms with Gasteiger partial charge in [-0.25, -0.2) is 0 Å². The Labute approximate surface area is 140 Å². The zero-order chi connectivity index (χ0) is 18.3. The normalized spacial score (nSPS) is 12.4. The van der Waals surface area contributed by atoms with E-state index in [9.17, 15) is 17.6 Å². The van der Waals surface area contributed by atoms with Crippen LogP contribution in [0.2, 0.25) is 0 Å². The number of hydrogen-bond donors (Lipinski definition) is 1. The molecule has 0 bridgehead atoms. The summed E-state index contributed by atoms with van der Waals surface area (Å²) in [7, 11) is 1.53. The topological polar surface area (TPSA) is 47.3 Å². The summed E-state index contributed by atoms with van der Waals surface area (Å²) in [5.41, 5.74) is 0.328. The molecule has 0 saturated carbocycles. The third-order valence-electron chi connectivity index (χ3n) is 3.93. The van der Waals surface area contributed by atoms with Crippen LogP contribution in [-0.4, -0.2) is 12.1 Å². The molecular weight excluding hydrogens is 340 g/mol. The zero-order valence-electron chi connectivity index (χ0n) is 13.6. The van der Waals surface area contributed by atoms with Crippen LogP contribution in [0.25, 0.3) is 11.0 Å². The van der Waals surface area contributed by atoms with Gasteiger partial charge in [-0.1, -0.05) is 0 Å². The highest BCUT2D eigenvalue weighted by atomic mass is 19.2. The standard InChI is InChI=1S/C17H14F4N2O2/c1-7-10-6-9(24-3)4-5-11(10)25-15(7)8(2)22-14-12(18)16(20)23-17(21)13(14)19/h4-6,8H,1-3H3,(H,22,23). The number of ether oxygens (including phenoxy) is 1. The fourth-order valence-electron chi connectivity index (χ4n) is 2.65. The summed E-state index contributed by atoms with van der Waals surface area (Å²) in [6, 6.07) is 4.41. The van der Waals surface area contributed by atoms with Crippen LogP contribution in [0.1, 0.15) is 24.3 Å². The number of nitrogens with one attached hydrogen (secondary N) is 1. The molecular formula is C17H14F4N2O2. The summed E-state index contributed by atoms with van der Waals surface area (Å²) in [4.78, 5) is 2.52. The van der Waals surface area contributed by atoms with E-state index < -0.39 is 35.3 Å². The second-order valence-electron chi connectivity index (χ2n) is 5.52. The molecule has 1 N–H and O–H groups in total. The second kappa shape index (κ2) is 6.27. The zero-order valence-corrected chi connectivity index (χ0v) is 13.6. The molecule has 4 nitrogen and oxygen atoms in total. The maximum atomic E-state index is 13.8. The van der Waals surface area contributed by atoms with Crippen molar-refractivity contribution in [3.8, 4) is 5.75 Å². The van der Waals surface area contributed by atoms with Gasteiger partial charge in [0, 0.05) is 10.9 Å². The third-order valence-corrected chi connectivity index (χ3v) is 3.93. The van der Waals surface area contributed by atoms with Crippen LogP contribution in [0.5, 0.6) is 5.75 Å². The maximum Gasteiger partial charge on any atom is 0.253 e. The first-order valence-electron chi connectivity index (χ1n) is 7.37. The van der Waals surface area contributed by atoms with E-state index in [4.69, 9.17) is 9.15 Å². The van der Waals surface area contributed by atoms with Gasteiger partial charge in [0.2, 0.25) is 11.6 Å². The molecule has 0 saturated heterocycles. The number of halogens is 4. The number of aromatic nitrogens is 1. The molecule has 2 heterocycles. The number of aryl methyl sites for hydroxylation is 1. The predicted molar refractivity (Wildman–Crippen MR) is 83.6 cm³/mol. The number of rotatable bonds is 4. The summed E-state index contributed by atoms with van der Waals surface area (Å²) in [5.74, 6) is -5.64. The Morgan fingerprint density at radius 2 is 1.76 bits per heavy atom. The van der Waals surface area contributed by atoms with Crippen molar-refractivity contribution in [3.05, 3.63) is 53.1 Å². The first-order valence-corrected chi connectivity index (χ1v) is 7.37. The average molecular weight is 354 g/mol. The molecule has 0 fully saturated rings. The van der Waals surface area contributed by atoms with E-state index in [-0.39, 0.29) is 0 Å². The van der Waals surface area contributed by atoms with Crippen LogP contribution >= 0.6 is 0 Å². The number of nitrogens with zero attached hydrogens (tertiary/aromatic N) is 1. The van der Waals surface area contributed by atoms with Crippen LogP contribution < -0.4 is 10.1 Å². The first kappa shape index (κ1) is 17.1. The largest absolute Gasteiger partial charge is 0.497 e. The molecule has 2 aromatic heterocycles. The molecule has 1 unspecified atom stereocenters. The van der Waals surface area contributed by atoms with Gasteiger partial charge >= 0.3 is 0 Å². The number of pyridine rings is 1. The van der Waals surface area contributed by atoms with Gasteiger partial charge in [-0.15, -0.1) is 0 Å². The summed E-state index contributed by atoms with van der Waals surface area (Å²) in [5, 5.41) is 3.17. The van der Waals surface area contributed by atoms with E-state index >= 15 is 0 Å². The van der Waals surface area contributed by atoms with Crippen LogP contribution in [0.3, 0.4) is 0 Å². The third kappa shape index (κ3) is 2.88. The fraction of sp³-hybridized carbons (Fsp3) is 0.235. The molecule has 3 rings (SSSR count). The number of hydrogen-bond acceptors (Lipinski definition) is 4. The van der Waals surface area contributed by atoms with Gasteiger partial charge in [-0.2, -0.15) is 22.5 Å². The van der Waals surface area contributed by atoms with Gasteiger partial charge in [-0.05, 0) is 32.0 Å². The summed E-state index contributed by atoms with van der Waals surface area (Å²) < 4.78 is 64.9. The van der Waals surface area contributed by atoms with E-state index in [1.165, 1.54) is 7.11 Å². The minimum Gasteiger partial charge on any atom is -0.497 e.